The van der Waals surface area contributed by atoms with Crippen molar-refractivity contribution in [2.75, 3.05) is 0 Å². The van der Waals surface area contributed by atoms with E-state index < -0.39 is 0 Å². The molecule has 0 unspecified atom stereocenters. The average molecular weight is 306 g/mol. The molecule has 0 saturated carbocycles. The molecule has 0 aromatic heterocycles. The smallest absolute Gasteiger partial charge is 0.230 e. The van der Waals surface area contributed by atoms with E-state index in [1.165, 1.54) is 0 Å². The first kappa shape index (κ1) is 22.6. The maximum absolute atomic E-state index is 10.7. The van der Waals surface area contributed by atoms with Gasteiger partial charge in [-0.3, -0.25) is 9.59 Å². The van der Waals surface area contributed by atoms with Crippen LogP contribution in [0.1, 0.15) is 67.2 Å². The lowest BCUT2D eigenvalue weighted by Crippen LogP contribution is -2.10. The Morgan fingerprint density at radius 1 is 0.773 bits per heavy atom. The summed E-state index contributed by atoms with van der Waals surface area (Å²) in [4.78, 5) is 28.1. The molecular weight excluding hydrogens is 276 g/mol. The van der Waals surface area contributed by atoms with Crippen molar-refractivity contribution in [3.63, 3.8) is 0 Å². The molecule has 0 N–H and O–H groups in total. The molecule has 0 bridgehead atoms. The van der Waals surface area contributed by atoms with Gasteiger partial charge in [0, 0.05) is 12.8 Å². The summed E-state index contributed by atoms with van der Waals surface area (Å²) in [5, 5.41) is 0. The highest BCUT2D eigenvalue weighted by Gasteiger charge is 2.17. The van der Waals surface area contributed by atoms with E-state index >= 15 is 0 Å². The molecule has 0 spiro atoms. The minimum absolute atomic E-state index is 0.0903. The SMILES string of the molecule is [C-]#[N+][C@@H](CC(C)=O)CC(C)C.[C-]#[N+][C@H](CC(C)=O)CC(C)C. The summed E-state index contributed by atoms with van der Waals surface area (Å²) in [5.74, 6) is 1.25. The lowest BCUT2D eigenvalue weighted by Gasteiger charge is -2.05. The van der Waals surface area contributed by atoms with E-state index in [0.29, 0.717) is 24.7 Å². The molecule has 22 heavy (non-hydrogen) atoms. The number of ketones is 2. The summed E-state index contributed by atoms with van der Waals surface area (Å²) < 4.78 is 0. The Bertz CT molecular complexity index is 374. The molecule has 0 saturated heterocycles. The van der Waals surface area contributed by atoms with Gasteiger partial charge in [-0.05, 0) is 25.7 Å². The highest BCUT2D eigenvalue weighted by Crippen LogP contribution is 2.12. The van der Waals surface area contributed by atoms with Gasteiger partial charge in [-0.2, -0.15) is 0 Å². The van der Waals surface area contributed by atoms with Gasteiger partial charge in [-0.15, -0.1) is 0 Å². The van der Waals surface area contributed by atoms with Crippen molar-refractivity contribution in [3.8, 4) is 0 Å². The lowest BCUT2D eigenvalue weighted by molar-refractivity contribution is -0.118. The van der Waals surface area contributed by atoms with Crippen molar-refractivity contribution in [1.82, 2.24) is 0 Å². The molecule has 0 aromatic carbocycles. The molecule has 0 aliphatic heterocycles. The largest absolute Gasteiger partial charge is 0.313 e. The highest BCUT2D eigenvalue weighted by atomic mass is 16.1. The Kier molecular flexibility index (Phi) is 13.4. The number of carbonyl (C=O) groups is 2. The summed E-state index contributed by atoms with van der Waals surface area (Å²) in [6, 6.07) is -0.181. The third-order valence-corrected chi connectivity index (χ3v) is 2.90. The predicted octanol–water partition coefficient (Wildman–Crippen LogP) is 4.60. The molecular formula is C18H30N2O2. The topological polar surface area (TPSA) is 42.9 Å². The Morgan fingerprint density at radius 2 is 1.05 bits per heavy atom. The fourth-order valence-electron chi connectivity index (χ4n) is 2.12. The molecule has 0 aliphatic carbocycles. The van der Waals surface area contributed by atoms with Gasteiger partial charge in [0.05, 0.1) is 12.8 Å². The Morgan fingerprint density at radius 3 is 1.18 bits per heavy atom. The van der Waals surface area contributed by atoms with Crippen LogP contribution in [0.5, 0.6) is 0 Å². The van der Waals surface area contributed by atoms with E-state index in [1.807, 2.05) is 0 Å². The van der Waals surface area contributed by atoms with Gasteiger partial charge in [0.1, 0.15) is 11.6 Å². The maximum atomic E-state index is 10.7. The Labute approximate surface area is 135 Å². The number of nitrogens with zero attached hydrogens (tertiary/aromatic N) is 2. The van der Waals surface area contributed by atoms with Crippen LogP contribution < -0.4 is 0 Å². The fourth-order valence-corrected chi connectivity index (χ4v) is 2.12. The highest BCUT2D eigenvalue weighted by molar-refractivity contribution is 5.76. The first-order valence-electron chi connectivity index (χ1n) is 7.84. The van der Waals surface area contributed by atoms with Crippen LogP contribution in [0.25, 0.3) is 9.69 Å². The summed E-state index contributed by atoms with van der Waals surface area (Å²) in [6.45, 7) is 25.0. The van der Waals surface area contributed by atoms with E-state index in [1.54, 1.807) is 13.8 Å². The first-order chi connectivity index (χ1) is 10.1. The summed E-state index contributed by atoms with van der Waals surface area (Å²) in [5.41, 5.74) is 0. The zero-order chi connectivity index (χ0) is 17.7. The van der Waals surface area contributed by atoms with Gasteiger partial charge in [-0.1, -0.05) is 27.7 Å². The van der Waals surface area contributed by atoms with Crippen molar-refractivity contribution in [1.29, 1.82) is 0 Å². The Hall–Kier alpha value is -1.68. The third-order valence-electron chi connectivity index (χ3n) is 2.90. The fraction of sp³-hybridized carbons (Fsp3) is 0.778. The summed E-state index contributed by atoms with van der Waals surface area (Å²) in [6.07, 6.45) is 2.51. The molecule has 0 radical (unpaired) electrons. The van der Waals surface area contributed by atoms with Crippen molar-refractivity contribution in [3.05, 3.63) is 22.8 Å². The minimum Gasteiger partial charge on any atom is -0.313 e. The van der Waals surface area contributed by atoms with Gasteiger partial charge in [0.15, 0.2) is 0 Å². The molecule has 124 valence electrons. The van der Waals surface area contributed by atoms with Crippen molar-refractivity contribution < 1.29 is 9.59 Å². The van der Waals surface area contributed by atoms with E-state index in [2.05, 4.69) is 37.4 Å². The van der Waals surface area contributed by atoms with Crippen LogP contribution >= 0.6 is 0 Å². The standard InChI is InChI=1S/2C9H15NO/c2*1-7(2)5-9(10-4)6-8(3)11/h2*7,9H,5-6H2,1-3H3/t2*9-/m10/s1. The second-order valence-electron chi connectivity index (χ2n) is 6.64. The Balaban J connectivity index is 0. The van der Waals surface area contributed by atoms with Crippen LogP contribution in [0.15, 0.2) is 0 Å². The molecule has 4 heteroatoms. The maximum Gasteiger partial charge on any atom is 0.230 e. The second-order valence-corrected chi connectivity index (χ2v) is 6.64. The van der Waals surface area contributed by atoms with Crippen LogP contribution in [0.4, 0.5) is 0 Å². The molecule has 0 aromatic rings. The molecule has 0 heterocycles. The average Bonchev–Trinajstić information content (AvgIpc) is 2.35. The summed E-state index contributed by atoms with van der Waals surface area (Å²) in [7, 11) is 0. The number of Topliss-reactive ketones (excluding diaryl/α,β-unsaturated/α-hetero) is 2. The zero-order valence-electron chi connectivity index (χ0n) is 14.8. The molecule has 0 aliphatic rings. The quantitative estimate of drug-likeness (QED) is 0.615. The van der Waals surface area contributed by atoms with E-state index in [9.17, 15) is 9.59 Å². The zero-order valence-corrected chi connectivity index (χ0v) is 14.8. The number of hydrogen-bond donors (Lipinski definition) is 0. The van der Waals surface area contributed by atoms with Crippen LogP contribution in [-0.2, 0) is 9.59 Å². The van der Waals surface area contributed by atoms with Crippen molar-refractivity contribution >= 4 is 11.6 Å². The van der Waals surface area contributed by atoms with Crippen molar-refractivity contribution in [2.24, 2.45) is 11.8 Å². The van der Waals surface area contributed by atoms with E-state index in [4.69, 9.17) is 13.1 Å². The van der Waals surface area contributed by atoms with Gasteiger partial charge in [0.2, 0.25) is 12.1 Å². The van der Waals surface area contributed by atoms with Gasteiger partial charge >= 0.3 is 0 Å². The monoisotopic (exact) mass is 306 g/mol. The number of hydrogen-bond acceptors (Lipinski definition) is 2. The summed E-state index contributed by atoms with van der Waals surface area (Å²) >= 11 is 0. The molecule has 4 nitrogen and oxygen atoms in total. The number of rotatable bonds is 8. The third kappa shape index (κ3) is 16.4. The van der Waals surface area contributed by atoms with Crippen LogP contribution in [0.2, 0.25) is 0 Å². The molecule has 0 rings (SSSR count). The first-order valence-corrected chi connectivity index (χ1v) is 7.84. The van der Waals surface area contributed by atoms with Crippen LogP contribution in [0, 0.1) is 25.0 Å². The van der Waals surface area contributed by atoms with Gasteiger partial charge < -0.3 is 9.69 Å². The number of carbonyl (C=O) groups excluding carboxylic acids is 2. The normalized spacial score (nSPS) is 12.6. The second kappa shape index (κ2) is 13.0. The van der Waals surface area contributed by atoms with E-state index in [0.717, 1.165) is 12.8 Å². The van der Waals surface area contributed by atoms with Gasteiger partial charge in [-0.25, -0.2) is 13.1 Å². The van der Waals surface area contributed by atoms with Crippen LogP contribution in [-0.4, -0.2) is 23.7 Å². The predicted molar refractivity (Wildman–Crippen MR) is 90.3 cm³/mol. The van der Waals surface area contributed by atoms with E-state index in [-0.39, 0.29) is 23.7 Å². The van der Waals surface area contributed by atoms with Gasteiger partial charge in [0.25, 0.3) is 0 Å². The molecule has 0 amide bonds. The molecule has 2 atom stereocenters. The van der Waals surface area contributed by atoms with Crippen molar-refractivity contribution in [2.45, 2.75) is 79.3 Å². The molecule has 0 fully saturated rings. The minimum atomic E-state index is -0.0903. The van der Waals surface area contributed by atoms with Crippen LogP contribution in [0.3, 0.4) is 0 Å². The lowest BCUT2D eigenvalue weighted by atomic mass is 10.0.